The number of hydrogen-bond donors (Lipinski definition) is 2. The zero-order valence-electron chi connectivity index (χ0n) is 11.8. The van der Waals surface area contributed by atoms with Crippen LogP contribution < -0.4 is 11.1 Å². The number of nitrogens with zero attached hydrogens (tertiary/aromatic N) is 3. The molecule has 7 heteroatoms. The molecule has 21 heavy (non-hydrogen) atoms. The van der Waals surface area contributed by atoms with Crippen LogP contribution in [-0.2, 0) is 0 Å². The van der Waals surface area contributed by atoms with Gasteiger partial charge in [-0.05, 0) is 35.5 Å². The molecule has 0 unspecified atom stereocenters. The van der Waals surface area contributed by atoms with Crippen molar-refractivity contribution in [2.45, 2.75) is 19.8 Å². The van der Waals surface area contributed by atoms with E-state index in [0.29, 0.717) is 22.1 Å². The van der Waals surface area contributed by atoms with Crippen LogP contribution >= 0.6 is 11.5 Å². The standard InChI is InChI=1S/C14H15N5OS/c1-9(2)12-13(21-19-18-12)14(20)17-11-7-3-5-10(16-11)6-4-8-15/h3,5,7,9H,8,15H2,1-2H3,(H,16,17,20). The summed E-state index contributed by atoms with van der Waals surface area (Å²) < 4.78 is 3.84. The molecule has 2 rings (SSSR count). The fraction of sp³-hybridized carbons (Fsp3) is 0.286. The summed E-state index contributed by atoms with van der Waals surface area (Å²) in [6.07, 6.45) is 0. The minimum Gasteiger partial charge on any atom is -0.320 e. The predicted octanol–water partition coefficient (Wildman–Crippen LogP) is 1.62. The Labute approximate surface area is 127 Å². The highest BCUT2D eigenvalue weighted by atomic mass is 32.1. The number of carbonyl (C=O) groups excluding carboxylic acids is 1. The third-order valence-electron chi connectivity index (χ3n) is 2.58. The topological polar surface area (TPSA) is 93.8 Å². The molecule has 0 aromatic carbocycles. The van der Waals surface area contributed by atoms with Gasteiger partial charge in [-0.2, -0.15) is 0 Å². The summed E-state index contributed by atoms with van der Waals surface area (Å²) in [6, 6.07) is 5.23. The SMILES string of the molecule is CC(C)c1nnsc1C(=O)Nc1cccc(C#CCN)n1. The van der Waals surface area contributed by atoms with Gasteiger partial charge in [0.25, 0.3) is 5.91 Å². The van der Waals surface area contributed by atoms with Crippen LogP contribution in [-0.4, -0.2) is 27.0 Å². The second kappa shape index (κ2) is 6.92. The van der Waals surface area contributed by atoms with E-state index in [1.54, 1.807) is 18.2 Å². The molecule has 0 saturated carbocycles. The van der Waals surface area contributed by atoms with E-state index in [1.807, 2.05) is 13.8 Å². The average molecular weight is 301 g/mol. The number of carbonyl (C=O) groups is 1. The number of amides is 1. The van der Waals surface area contributed by atoms with Crippen molar-refractivity contribution < 1.29 is 4.79 Å². The van der Waals surface area contributed by atoms with E-state index in [0.717, 1.165) is 11.5 Å². The first-order valence-electron chi connectivity index (χ1n) is 6.41. The molecule has 0 radical (unpaired) electrons. The highest BCUT2D eigenvalue weighted by Gasteiger charge is 2.19. The van der Waals surface area contributed by atoms with Crippen LogP contribution in [0.25, 0.3) is 0 Å². The number of rotatable bonds is 3. The molecule has 0 bridgehead atoms. The van der Waals surface area contributed by atoms with Crippen LogP contribution in [0.2, 0.25) is 0 Å². The van der Waals surface area contributed by atoms with Crippen molar-refractivity contribution in [1.29, 1.82) is 0 Å². The Kier molecular flexibility index (Phi) is 4.98. The molecule has 2 heterocycles. The maximum absolute atomic E-state index is 12.2. The van der Waals surface area contributed by atoms with Gasteiger partial charge in [0.05, 0.1) is 12.2 Å². The molecular weight excluding hydrogens is 286 g/mol. The maximum atomic E-state index is 12.2. The van der Waals surface area contributed by atoms with Crippen molar-refractivity contribution >= 4 is 23.3 Å². The van der Waals surface area contributed by atoms with Crippen LogP contribution in [0.4, 0.5) is 5.82 Å². The van der Waals surface area contributed by atoms with Crippen LogP contribution in [0.15, 0.2) is 18.2 Å². The minimum atomic E-state index is -0.259. The van der Waals surface area contributed by atoms with Crippen molar-refractivity contribution in [1.82, 2.24) is 14.6 Å². The Hall–Kier alpha value is -2.30. The molecule has 108 valence electrons. The quantitative estimate of drug-likeness (QED) is 0.840. The Bertz CT molecular complexity index is 699. The van der Waals surface area contributed by atoms with Gasteiger partial charge in [0.15, 0.2) is 0 Å². The molecule has 0 aliphatic carbocycles. The van der Waals surface area contributed by atoms with E-state index in [-0.39, 0.29) is 18.4 Å². The van der Waals surface area contributed by atoms with E-state index in [1.165, 1.54) is 0 Å². The monoisotopic (exact) mass is 301 g/mol. The van der Waals surface area contributed by atoms with Crippen molar-refractivity contribution in [2.24, 2.45) is 5.73 Å². The Morgan fingerprint density at radius 3 is 3.00 bits per heavy atom. The average Bonchev–Trinajstić information content (AvgIpc) is 2.95. The van der Waals surface area contributed by atoms with Crippen molar-refractivity contribution in [3.05, 3.63) is 34.5 Å². The van der Waals surface area contributed by atoms with E-state index in [9.17, 15) is 4.79 Å². The Morgan fingerprint density at radius 2 is 2.29 bits per heavy atom. The number of nitrogens with two attached hydrogens (primary N) is 1. The van der Waals surface area contributed by atoms with Gasteiger partial charge in [0.2, 0.25) is 0 Å². The first kappa shape index (κ1) is 15.1. The van der Waals surface area contributed by atoms with E-state index >= 15 is 0 Å². The summed E-state index contributed by atoms with van der Waals surface area (Å²) in [5, 5.41) is 6.73. The van der Waals surface area contributed by atoms with Crippen LogP contribution in [0.3, 0.4) is 0 Å². The van der Waals surface area contributed by atoms with Gasteiger partial charge in [-0.3, -0.25) is 4.79 Å². The second-order valence-electron chi connectivity index (χ2n) is 4.51. The van der Waals surface area contributed by atoms with Crippen molar-refractivity contribution in [3.8, 4) is 11.8 Å². The second-order valence-corrected chi connectivity index (χ2v) is 5.26. The lowest BCUT2D eigenvalue weighted by Crippen LogP contribution is -2.14. The highest BCUT2D eigenvalue weighted by molar-refractivity contribution is 7.08. The third-order valence-corrected chi connectivity index (χ3v) is 3.32. The van der Waals surface area contributed by atoms with E-state index in [4.69, 9.17) is 5.73 Å². The highest BCUT2D eigenvalue weighted by Crippen LogP contribution is 2.20. The third kappa shape index (κ3) is 3.84. The summed E-state index contributed by atoms with van der Waals surface area (Å²) in [5.41, 5.74) is 6.57. The molecule has 2 aromatic heterocycles. The Morgan fingerprint density at radius 1 is 1.48 bits per heavy atom. The van der Waals surface area contributed by atoms with Crippen molar-refractivity contribution in [3.63, 3.8) is 0 Å². The van der Waals surface area contributed by atoms with Gasteiger partial charge >= 0.3 is 0 Å². The predicted molar refractivity (Wildman–Crippen MR) is 82.1 cm³/mol. The summed E-state index contributed by atoms with van der Waals surface area (Å²) in [7, 11) is 0. The molecule has 0 atom stereocenters. The van der Waals surface area contributed by atoms with Crippen LogP contribution in [0.1, 0.15) is 40.8 Å². The molecule has 0 aliphatic rings. The van der Waals surface area contributed by atoms with Gasteiger partial charge in [0.1, 0.15) is 16.4 Å². The molecule has 0 aliphatic heterocycles. The van der Waals surface area contributed by atoms with Gasteiger partial charge in [-0.25, -0.2) is 4.98 Å². The van der Waals surface area contributed by atoms with Crippen LogP contribution in [0.5, 0.6) is 0 Å². The summed E-state index contributed by atoms with van der Waals surface area (Å²) >= 11 is 1.08. The largest absolute Gasteiger partial charge is 0.320 e. The maximum Gasteiger partial charge on any atom is 0.270 e. The molecule has 0 saturated heterocycles. The van der Waals surface area contributed by atoms with Gasteiger partial charge in [0, 0.05) is 0 Å². The summed E-state index contributed by atoms with van der Waals surface area (Å²) in [6.45, 7) is 4.20. The van der Waals surface area contributed by atoms with Gasteiger partial charge < -0.3 is 11.1 Å². The fourth-order valence-electron chi connectivity index (χ4n) is 1.62. The molecule has 1 amide bonds. The number of hydrogen-bond acceptors (Lipinski definition) is 6. The minimum absolute atomic E-state index is 0.138. The number of anilines is 1. The van der Waals surface area contributed by atoms with E-state index in [2.05, 4.69) is 31.7 Å². The normalized spacial score (nSPS) is 10.1. The zero-order chi connectivity index (χ0) is 15.2. The Balaban J connectivity index is 2.18. The van der Waals surface area contributed by atoms with Crippen molar-refractivity contribution in [2.75, 3.05) is 11.9 Å². The molecule has 2 aromatic rings. The number of aromatic nitrogens is 3. The van der Waals surface area contributed by atoms with Crippen LogP contribution in [0, 0.1) is 11.8 Å². The number of pyridine rings is 1. The smallest absolute Gasteiger partial charge is 0.270 e. The summed E-state index contributed by atoms with van der Waals surface area (Å²) in [5.74, 6) is 5.86. The molecule has 6 nitrogen and oxygen atoms in total. The molecule has 0 fully saturated rings. The lowest BCUT2D eigenvalue weighted by molar-refractivity contribution is 0.102. The first-order chi connectivity index (χ1) is 10.1. The van der Waals surface area contributed by atoms with E-state index < -0.39 is 0 Å². The fourth-order valence-corrected chi connectivity index (χ4v) is 2.34. The molecule has 0 spiro atoms. The summed E-state index contributed by atoms with van der Waals surface area (Å²) in [4.78, 5) is 17.0. The number of nitrogens with one attached hydrogen (secondary N) is 1. The lowest BCUT2D eigenvalue weighted by Gasteiger charge is -2.05. The van der Waals surface area contributed by atoms with Gasteiger partial charge in [-0.1, -0.05) is 30.3 Å². The first-order valence-corrected chi connectivity index (χ1v) is 7.18. The van der Waals surface area contributed by atoms with Gasteiger partial charge in [-0.15, -0.1) is 5.10 Å². The molecular formula is C14H15N5OS. The molecule has 3 N–H and O–H groups in total. The zero-order valence-corrected chi connectivity index (χ0v) is 12.6. The lowest BCUT2D eigenvalue weighted by atomic mass is 10.1.